The van der Waals surface area contributed by atoms with E-state index in [0.717, 1.165) is 24.4 Å². The number of fused-ring (bicyclic) bond motifs is 2. The Labute approximate surface area is 189 Å². The van der Waals surface area contributed by atoms with Crippen LogP contribution in [0.4, 0.5) is 0 Å². The predicted octanol–water partition coefficient (Wildman–Crippen LogP) is 7.86. The summed E-state index contributed by atoms with van der Waals surface area (Å²) in [7, 11) is -3.00. The molecule has 7 atom stereocenters. The fourth-order valence-electron chi connectivity index (χ4n) is 9.08. The van der Waals surface area contributed by atoms with E-state index in [9.17, 15) is 0 Å². The Balaban J connectivity index is 1.62. The van der Waals surface area contributed by atoms with Crippen molar-refractivity contribution >= 4 is 16.6 Å². The second kappa shape index (κ2) is 7.17. The van der Waals surface area contributed by atoms with Gasteiger partial charge in [-0.2, -0.15) is 0 Å². The van der Waals surface area contributed by atoms with Crippen LogP contribution in [0.5, 0.6) is 0 Å². The summed E-state index contributed by atoms with van der Waals surface area (Å²) >= 11 is 0. The summed E-state index contributed by atoms with van der Waals surface area (Å²) in [5.41, 5.74) is 1.59. The highest BCUT2D eigenvalue weighted by molar-refractivity contribution is 6.70. The lowest BCUT2D eigenvalue weighted by atomic mass is 9.39. The van der Waals surface area contributed by atoms with Crippen LogP contribution in [0.25, 0.3) is 0 Å². The van der Waals surface area contributed by atoms with Gasteiger partial charge >= 0.3 is 0 Å². The Kier molecular flexibility index (Phi) is 5.62. The van der Waals surface area contributed by atoms with Crippen molar-refractivity contribution in [1.29, 1.82) is 0 Å². The minimum atomic E-state index is -1.53. The summed E-state index contributed by atoms with van der Waals surface area (Å²) in [6.07, 6.45) is 12.7. The van der Waals surface area contributed by atoms with Crippen molar-refractivity contribution in [3.05, 3.63) is 0 Å². The topological polar surface area (TPSA) is 18.5 Å². The lowest BCUT2D eigenvalue weighted by Gasteiger charge is -2.66. The van der Waals surface area contributed by atoms with Crippen LogP contribution in [0.15, 0.2) is 0 Å². The minimum absolute atomic E-state index is 0.137. The second-order valence-electron chi connectivity index (χ2n) is 14.5. The molecule has 4 heteroatoms. The van der Waals surface area contributed by atoms with Crippen LogP contribution in [-0.4, -0.2) is 28.8 Å². The molecule has 0 heterocycles. The molecule has 174 valence electrons. The van der Waals surface area contributed by atoms with E-state index in [0.29, 0.717) is 16.2 Å². The van der Waals surface area contributed by atoms with Crippen LogP contribution in [0.1, 0.15) is 78.6 Å². The fraction of sp³-hybridized carbons (Fsp3) is 1.00. The maximum Gasteiger partial charge on any atom is 0.184 e. The Bertz CT molecular complexity index is 667. The lowest BCUT2D eigenvalue weighted by molar-refractivity contribution is -0.179. The van der Waals surface area contributed by atoms with Crippen molar-refractivity contribution < 1.29 is 8.85 Å². The van der Waals surface area contributed by atoms with Gasteiger partial charge in [0.05, 0.1) is 5.60 Å². The molecule has 30 heavy (non-hydrogen) atoms. The smallest absolute Gasteiger partial charge is 0.184 e. The maximum absolute atomic E-state index is 6.91. The zero-order valence-electron chi connectivity index (χ0n) is 21.6. The zero-order valence-corrected chi connectivity index (χ0v) is 23.6. The summed E-state index contributed by atoms with van der Waals surface area (Å²) < 4.78 is 13.5. The fourth-order valence-corrected chi connectivity index (χ4v) is 11.5. The molecule has 4 aliphatic rings. The second-order valence-corrected chi connectivity index (χ2v) is 23.4. The van der Waals surface area contributed by atoms with Crippen molar-refractivity contribution in [3.63, 3.8) is 0 Å². The van der Waals surface area contributed by atoms with Gasteiger partial charge in [0.1, 0.15) is 0 Å². The molecule has 0 saturated heterocycles. The highest BCUT2D eigenvalue weighted by Gasteiger charge is 2.69. The van der Waals surface area contributed by atoms with Crippen LogP contribution < -0.4 is 0 Å². The van der Waals surface area contributed by atoms with Crippen LogP contribution in [-0.2, 0) is 8.85 Å². The molecular formula is C26H50O2Si2. The summed E-state index contributed by atoms with van der Waals surface area (Å²) in [6.45, 7) is 23.0. The van der Waals surface area contributed by atoms with Crippen molar-refractivity contribution in [3.8, 4) is 0 Å². The third kappa shape index (κ3) is 3.74. The highest BCUT2D eigenvalue weighted by atomic mass is 28.4. The van der Waals surface area contributed by atoms with Gasteiger partial charge in [-0.15, -0.1) is 0 Å². The largest absolute Gasteiger partial charge is 0.417 e. The van der Waals surface area contributed by atoms with Crippen molar-refractivity contribution in [2.24, 2.45) is 34.0 Å². The molecule has 4 aliphatic carbocycles. The predicted molar refractivity (Wildman–Crippen MR) is 133 cm³/mol. The first-order valence-electron chi connectivity index (χ1n) is 13.0. The summed E-state index contributed by atoms with van der Waals surface area (Å²) in [5, 5.41) is 0. The molecule has 0 aromatic carbocycles. The average molecular weight is 451 g/mol. The van der Waals surface area contributed by atoms with E-state index in [4.69, 9.17) is 8.85 Å². The van der Waals surface area contributed by atoms with Gasteiger partial charge in [-0.25, -0.2) is 0 Å². The zero-order chi connectivity index (χ0) is 22.2. The highest BCUT2D eigenvalue weighted by Crippen LogP contribution is 2.75. The molecule has 0 aromatic heterocycles. The van der Waals surface area contributed by atoms with Gasteiger partial charge in [0.25, 0.3) is 0 Å². The Morgan fingerprint density at radius 2 is 1.50 bits per heavy atom. The van der Waals surface area contributed by atoms with Crippen LogP contribution in [0.2, 0.25) is 39.3 Å². The molecule has 4 rings (SSSR count). The standard InChI is InChI=1S/C26H50O2Si2/c1-23(19-27-29(4,5)6)13-10-14-24(2)22(23)12-11-20-17-21-18-26(20,24)16-15-25(21,3)28-30(7,8)9/h20-22H,10-19H2,1-9H3/t20-,21+,22-,23-,24-,25+,26-/m0/s1. The van der Waals surface area contributed by atoms with E-state index < -0.39 is 16.6 Å². The molecule has 2 nitrogen and oxygen atoms in total. The van der Waals surface area contributed by atoms with E-state index in [1.165, 1.54) is 57.8 Å². The Morgan fingerprint density at radius 3 is 2.13 bits per heavy atom. The molecule has 0 aliphatic heterocycles. The van der Waals surface area contributed by atoms with E-state index in [2.05, 4.69) is 60.1 Å². The molecule has 4 fully saturated rings. The van der Waals surface area contributed by atoms with Gasteiger partial charge < -0.3 is 8.85 Å². The first-order chi connectivity index (χ1) is 13.6. The van der Waals surface area contributed by atoms with Crippen molar-refractivity contribution in [1.82, 2.24) is 0 Å². The Morgan fingerprint density at radius 1 is 0.800 bits per heavy atom. The first-order valence-corrected chi connectivity index (χ1v) is 19.8. The molecule has 2 bridgehead atoms. The molecule has 0 radical (unpaired) electrons. The molecule has 0 N–H and O–H groups in total. The van der Waals surface area contributed by atoms with E-state index in [1.54, 1.807) is 0 Å². The summed E-state index contributed by atoms with van der Waals surface area (Å²) in [6, 6.07) is 0. The van der Waals surface area contributed by atoms with Crippen LogP contribution in [0, 0.1) is 34.0 Å². The number of hydrogen-bond acceptors (Lipinski definition) is 2. The molecule has 0 amide bonds. The normalized spacial score (nSPS) is 48.9. The molecule has 4 saturated carbocycles. The van der Waals surface area contributed by atoms with Gasteiger partial charge in [-0.1, -0.05) is 20.3 Å². The quantitative estimate of drug-likeness (QED) is 0.397. The van der Waals surface area contributed by atoms with Crippen LogP contribution in [0.3, 0.4) is 0 Å². The summed E-state index contributed by atoms with van der Waals surface area (Å²) in [5.74, 6) is 2.56. The molecule has 0 unspecified atom stereocenters. The van der Waals surface area contributed by atoms with Gasteiger partial charge in [0.15, 0.2) is 16.6 Å². The average Bonchev–Trinajstić information content (AvgIpc) is 2.93. The monoisotopic (exact) mass is 450 g/mol. The van der Waals surface area contributed by atoms with Gasteiger partial charge in [0.2, 0.25) is 0 Å². The van der Waals surface area contributed by atoms with E-state index in [-0.39, 0.29) is 5.60 Å². The van der Waals surface area contributed by atoms with Crippen molar-refractivity contribution in [2.45, 2.75) is 123 Å². The SMILES string of the molecule is C[C@@]1(CO[Si](C)(C)C)CCC[C@@]2(C)[C@H]1CC[C@H]1C[C@@H]3C[C@@]12CC[C@@]3(C)O[Si](C)(C)C. The van der Waals surface area contributed by atoms with Crippen molar-refractivity contribution in [2.75, 3.05) is 6.61 Å². The van der Waals surface area contributed by atoms with Gasteiger partial charge in [-0.05, 0) is 132 Å². The maximum atomic E-state index is 6.91. The molecule has 0 aromatic rings. The number of hydrogen-bond donors (Lipinski definition) is 0. The minimum Gasteiger partial charge on any atom is -0.417 e. The molecular weight excluding hydrogens is 400 g/mol. The third-order valence-electron chi connectivity index (χ3n) is 10.3. The lowest BCUT2D eigenvalue weighted by Crippen LogP contribution is -2.60. The number of rotatable bonds is 5. The van der Waals surface area contributed by atoms with Gasteiger partial charge in [0, 0.05) is 6.61 Å². The third-order valence-corrected chi connectivity index (χ3v) is 12.4. The summed E-state index contributed by atoms with van der Waals surface area (Å²) in [4.78, 5) is 0. The Hall–Kier alpha value is 0.354. The van der Waals surface area contributed by atoms with E-state index in [1.807, 2.05) is 0 Å². The first kappa shape index (κ1) is 23.5. The van der Waals surface area contributed by atoms with Gasteiger partial charge in [-0.3, -0.25) is 0 Å². The van der Waals surface area contributed by atoms with Crippen LogP contribution >= 0.6 is 0 Å². The molecule has 1 spiro atoms. The van der Waals surface area contributed by atoms with E-state index >= 15 is 0 Å².